The van der Waals surface area contributed by atoms with Crippen molar-refractivity contribution in [3.63, 3.8) is 0 Å². The Morgan fingerprint density at radius 1 is 1.58 bits per heavy atom. The number of nitrogens with one attached hydrogen (secondary N) is 1. The van der Waals surface area contributed by atoms with E-state index in [1.807, 2.05) is 0 Å². The van der Waals surface area contributed by atoms with E-state index in [0.717, 1.165) is 5.56 Å². The first-order valence-electron chi connectivity index (χ1n) is 2.86. The summed E-state index contributed by atoms with van der Waals surface area (Å²) in [4.78, 5) is 0. The SMILES string of the molecule is Cl.N=C(N)Cc1cc(Cl)sc1Cl. The number of rotatable bonds is 2. The van der Waals surface area contributed by atoms with E-state index in [2.05, 4.69) is 0 Å². The molecule has 0 spiro atoms. The van der Waals surface area contributed by atoms with Crippen LogP contribution < -0.4 is 5.73 Å². The van der Waals surface area contributed by atoms with Crippen LogP contribution in [0, 0.1) is 5.41 Å². The fourth-order valence-corrected chi connectivity index (χ4v) is 2.19. The predicted octanol–water partition coefficient (Wildman–Crippen LogP) is 2.96. The van der Waals surface area contributed by atoms with Gasteiger partial charge in [0.15, 0.2) is 0 Å². The van der Waals surface area contributed by atoms with E-state index in [9.17, 15) is 0 Å². The van der Waals surface area contributed by atoms with Gasteiger partial charge in [-0.3, -0.25) is 5.41 Å². The van der Waals surface area contributed by atoms with E-state index in [1.165, 1.54) is 11.3 Å². The summed E-state index contributed by atoms with van der Waals surface area (Å²) < 4.78 is 1.25. The molecule has 12 heavy (non-hydrogen) atoms. The molecule has 0 fully saturated rings. The molecule has 3 N–H and O–H groups in total. The minimum atomic E-state index is 0. The highest BCUT2D eigenvalue weighted by Gasteiger charge is 2.05. The van der Waals surface area contributed by atoms with Gasteiger partial charge in [-0.25, -0.2) is 0 Å². The van der Waals surface area contributed by atoms with Gasteiger partial charge in [0.25, 0.3) is 0 Å². The lowest BCUT2D eigenvalue weighted by Gasteiger charge is -1.93. The molecule has 0 radical (unpaired) electrons. The van der Waals surface area contributed by atoms with E-state index in [4.69, 9.17) is 34.3 Å². The summed E-state index contributed by atoms with van der Waals surface area (Å²) in [5, 5.41) is 7.02. The molecule has 0 saturated heterocycles. The Morgan fingerprint density at radius 2 is 2.17 bits per heavy atom. The number of amidine groups is 1. The first-order valence-corrected chi connectivity index (χ1v) is 4.43. The highest BCUT2D eigenvalue weighted by molar-refractivity contribution is 7.20. The molecule has 0 saturated carbocycles. The normalized spacial score (nSPS) is 9.17. The van der Waals surface area contributed by atoms with Crippen molar-refractivity contribution >= 4 is 52.8 Å². The molecule has 0 amide bonds. The largest absolute Gasteiger partial charge is 0.387 e. The minimum Gasteiger partial charge on any atom is -0.387 e. The first-order chi connectivity index (χ1) is 5.09. The average Bonchev–Trinajstić information content (AvgIpc) is 2.09. The second kappa shape index (κ2) is 4.92. The second-order valence-corrected chi connectivity index (χ2v) is 4.34. The molecule has 1 heterocycles. The number of nitrogens with two attached hydrogens (primary N) is 1. The summed E-state index contributed by atoms with van der Waals surface area (Å²) in [6.45, 7) is 0. The van der Waals surface area contributed by atoms with Crippen LogP contribution in [-0.4, -0.2) is 5.84 Å². The number of hydrogen-bond acceptors (Lipinski definition) is 2. The van der Waals surface area contributed by atoms with Crippen LogP contribution in [0.15, 0.2) is 6.07 Å². The summed E-state index contributed by atoms with van der Waals surface area (Å²) in [7, 11) is 0. The van der Waals surface area contributed by atoms with Crippen LogP contribution in [0.4, 0.5) is 0 Å². The zero-order chi connectivity index (χ0) is 8.43. The fourth-order valence-electron chi connectivity index (χ4n) is 0.700. The molecule has 0 aromatic carbocycles. The van der Waals surface area contributed by atoms with Gasteiger partial charge in [-0.05, 0) is 11.6 Å². The molecule has 0 bridgehead atoms. The quantitative estimate of drug-likeness (QED) is 0.611. The molecule has 0 atom stereocenters. The lowest BCUT2D eigenvalue weighted by molar-refractivity contribution is 1.26. The molecule has 1 aromatic heterocycles. The third-order valence-corrected chi connectivity index (χ3v) is 2.68. The van der Waals surface area contributed by atoms with Gasteiger partial charge in [0, 0.05) is 6.42 Å². The molecule has 0 aliphatic heterocycles. The summed E-state index contributed by atoms with van der Waals surface area (Å²) in [6, 6.07) is 1.73. The van der Waals surface area contributed by atoms with Crippen LogP contribution in [0.2, 0.25) is 8.67 Å². The lowest BCUT2D eigenvalue weighted by Crippen LogP contribution is -2.12. The highest BCUT2D eigenvalue weighted by atomic mass is 35.5. The maximum Gasteiger partial charge on any atom is 0.0980 e. The Balaban J connectivity index is 0.00000121. The third kappa shape index (κ3) is 3.19. The van der Waals surface area contributed by atoms with Crippen LogP contribution in [0.3, 0.4) is 0 Å². The van der Waals surface area contributed by atoms with E-state index in [0.29, 0.717) is 15.1 Å². The van der Waals surface area contributed by atoms with Crippen molar-refractivity contribution in [2.45, 2.75) is 6.42 Å². The zero-order valence-corrected chi connectivity index (χ0v) is 9.08. The Kier molecular flexibility index (Phi) is 4.94. The van der Waals surface area contributed by atoms with Crippen molar-refractivity contribution in [3.05, 3.63) is 20.3 Å². The predicted molar refractivity (Wildman–Crippen MR) is 57.2 cm³/mol. The molecule has 1 rings (SSSR count). The van der Waals surface area contributed by atoms with Gasteiger partial charge in [0.2, 0.25) is 0 Å². The lowest BCUT2D eigenvalue weighted by atomic mass is 10.2. The summed E-state index contributed by atoms with van der Waals surface area (Å²) in [6.07, 6.45) is 0.377. The average molecular weight is 246 g/mol. The molecular formula is C6H7Cl3N2S. The number of halogens is 3. The van der Waals surface area contributed by atoms with Crippen molar-refractivity contribution in [1.29, 1.82) is 5.41 Å². The summed E-state index contributed by atoms with van der Waals surface area (Å²) in [5.74, 6) is 0.0985. The van der Waals surface area contributed by atoms with Gasteiger partial charge < -0.3 is 5.73 Å². The van der Waals surface area contributed by atoms with Crippen LogP contribution >= 0.6 is 46.9 Å². The highest BCUT2D eigenvalue weighted by Crippen LogP contribution is 2.31. The van der Waals surface area contributed by atoms with Gasteiger partial charge in [0.1, 0.15) is 0 Å². The van der Waals surface area contributed by atoms with Crippen LogP contribution in [0.5, 0.6) is 0 Å². The second-order valence-electron chi connectivity index (χ2n) is 2.05. The third-order valence-electron chi connectivity index (χ3n) is 1.11. The van der Waals surface area contributed by atoms with Gasteiger partial charge in [-0.1, -0.05) is 23.2 Å². The maximum absolute atomic E-state index is 7.02. The number of thiophene rings is 1. The van der Waals surface area contributed by atoms with Crippen molar-refractivity contribution in [3.8, 4) is 0 Å². The minimum absolute atomic E-state index is 0. The maximum atomic E-state index is 7.02. The van der Waals surface area contributed by atoms with Crippen molar-refractivity contribution < 1.29 is 0 Å². The Labute approximate surface area is 90.6 Å². The van der Waals surface area contributed by atoms with Gasteiger partial charge in [-0.15, -0.1) is 23.7 Å². The van der Waals surface area contributed by atoms with Gasteiger partial charge in [-0.2, -0.15) is 0 Å². The molecule has 2 nitrogen and oxygen atoms in total. The van der Waals surface area contributed by atoms with Crippen molar-refractivity contribution in [2.24, 2.45) is 5.73 Å². The standard InChI is InChI=1S/C6H6Cl2N2S.ClH/c7-4-1-3(2-5(9)10)6(8)11-4;/h1H,2H2,(H3,9,10);1H. The van der Waals surface area contributed by atoms with Gasteiger partial charge >= 0.3 is 0 Å². The van der Waals surface area contributed by atoms with E-state index in [-0.39, 0.29) is 18.2 Å². The Hall–Kier alpha value is 0.0400. The monoisotopic (exact) mass is 244 g/mol. The summed E-state index contributed by atoms with van der Waals surface area (Å²) in [5.41, 5.74) is 6.02. The van der Waals surface area contributed by atoms with E-state index < -0.39 is 0 Å². The van der Waals surface area contributed by atoms with Crippen molar-refractivity contribution in [1.82, 2.24) is 0 Å². The molecule has 1 aromatic rings. The Bertz CT molecular complexity index is 284. The molecule has 0 aliphatic carbocycles. The number of hydrogen-bond donors (Lipinski definition) is 2. The summed E-state index contributed by atoms with van der Waals surface area (Å²) >= 11 is 12.7. The van der Waals surface area contributed by atoms with Crippen LogP contribution in [0.1, 0.15) is 5.56 Å². The molecule has 68 valence electrons. The Morgan fingerprint density at radius 3 is 2.50 bits per heavy atom. The molecule has 0 unspecified atom stereocenters. The van der Waals surface area contributed by atoms with Crippen molar-refractivity contribution in [2.75, 3.05) is 0 Å². The van der Waals surface area contributed by atoms with E-state index in [1.54, 1.807) is 6.07 Å². The van der Waals surface area contributed by atoms with Gasteiger partial charge in [0.05, 0.1) is 14.5 Å². The fraction of sp³-hybridized carbons (Fsp3) is 0.167. The van der Waals surface area contributed by atoms with Crippen LogP contribution in [-0.2, 0) is 6.42 Å². The molecular weight excluding hydrogens is 239 g/mol. The zero-order valence-electron chi connectivity index (χ0n) is 5.93. The molecule has 0 aliphatic rings. The topological polar surface area (TPSA) is 49.9 Å². The van der Waals surface area contributed by atoms with E-state index >= 15 is 0 Å². The first kappa shape index (κ1) is 12.0. The smallest absolute Gasteiger partial charge is 0.0980 e. The molecule has 6 heteroatoms. The van der Waals surface area contributed by atoms with Crippen LogP contribution in [0.25, 0.3) is 0 Å².